The van der Waals surface area contributed by atoms with Crippen LogP contribution in [0.15, 0.2) is 146 Å². The molecule has 0 saturated heterocycles. The van der Waals surface area contributed by atoms with Crippen molar-refractivity contribution in [1.29, 1.82) is 0 Å². The van der Waals surface area contributed by atoms with Crippen LogP contribution in [-0.4, -0.2) is 19.6 Å². The van der Waals surface area contributed by atoms with Gasteiger partial charge < -0.3 is 5.11 Å². The van der Waals surface area contributed by atoms with Gasteiger partial charge in [-0.1, -0.05) is 128 Å². The normalized spacial score (nSPS) is 12.5. The molecule has 0 unspecified atom stereocenters. The zero-order valence-corrected chi connectivity index (χ0v) is 32.2. The molecule has 0 aliphatic carbocycles. The first kappa shape index (κ1) is 32.1. The van der Waals surface area contributed by atoms with Crippen molar-refractivity contribution in [3.8, 4) is 67.5 Å². The molecule has 0 fully saturated rings. The van der Waals surface area contributed by atoms with Gasteiger partial charge in [0.2, 0.25) is 0 Å². The summed E-state index contributed by atoms with van der Waals surface area (Å²) in [6.45, 7) is 6.20. The monoisotopic (exact) mass is 872 g/mol. The summed E-state index contributed by atoms with van der Waals surface area (Å²) >= 11 is 0. The van der Waals surface area contributed by atoms with Gasteiger partial charge in [0.1, 0.15) is 11.6 Å². The summed E-state index contributed by atoms with van der Waals surface area (Å²) in [6.07, 6.45) is 1.84. The summed E-state index contributed by atoms with van der Waals surface area (Å²) in [5.74, 6) is 0.471. The van der Waals surface area contributed by atoms with Crippen LogP contribution in [-0.2, 0) is 26.5 Å². The van der Waals surface area contributed by atoms with Crippen molar-refractivity contribution < 1.29 is 30.3 Å². The van der Waals surface area contributed by atoms with Crippen LogP contribution in [0.2, 0.25) is 0 Å². The van der Waals surface area contributed by atoms with Gasteiger partial charge in [-0.25, -0.2) is 4.98 Å². The van der Waals surface area contributed by atoms with Gasteiger partial charge in [-0.15, -0.1) is 29.3 Å². The van der Waals surface area contributed by atoms with E-state index in [0.29, 0.717) is 28.1 Å². The van der Waals surface area contributed by atoms with E-state index in [9.17, 15) is 5.11 Å². The number of imidazole rings is 1. The number of hydrogen-bond acceptors (Lipinski definition) is 3. The fourth-order valence-electron chi connectivity index (χ4n) is 6.73. The van der Waals surface area contributed by atoms with Crippen molar-refractivity contribution in [3.05, 3.63) is 168 Å². The molecule has 0 atom stereocenters. The second-order valence-corrected chi connectivity index (χ2v) is 14.3. The van der Waals surface area contributed by atoms with E-state index in [0.717, 1.165) is 50.2 Å². The average molecular weight is 873 g/mol. The maximum absolute atomic E-state index is 11.2. The minimum absolute atomic E-state index is 0. The van der Waals surface area contributed by atoms with Crippen LogP contribution in [0.5, 0.6) is 5.75 Å². The third kappa shape index (κ3) is 7.00. The van der Waals surface area contributed by atoms with E-state index in [1.54, 1.807) is 24.3 Å². The van der Waals surface area contributed by atoms with E-state index in [1.807, 2.05) is 83.6 Å². The molecule has 0 aliphatic rings. The van der Waals surface area contributed by atoms with Gasteiger partial charge in [-0.3, -0.25) is 9.55 Å². The largest absolute Gasteiger partial charge is 0.507 e. The Bertz CT molecular complexity index is 2700. The minimum Gasteiger partial charge on any atom is -0.507 e. The van der Waals surface area contributed by atoms with Gasteiger partial charge in [-0.2, -0.15) is 0 Å². The number of fused-ring (bicyclic) bond motifs is 1. The van der Waals surface area contributed by atoms with E-state index in [-0.39, 0.29) is 37.8 Å². The molecule has 0 aliphatic heterocycles. The molecular formula is C48H40N3OPt-. The maximum atomic E-state index is 11.2. The molecule has 8 rings (SSSR count). The molecule has 8 aromatic rings. The molecule has 4 nitrogen and oxygen atoms in total. The number of benzene rings is 6. The summed E-state index contributed by atoms with van der Waals surface area (Å²) in [5, 5.41) is 11.2. The van der Waals surface area contributed by atoms with Crippen LogP contribution in [0.3, 0.4) is 0 Å². The number of aromatic hydroxyl groups is 1. The maximum Gasteiger partial charge on any atom is 0.148 e. The second kappa shape index (κ2) is 14.5. The molecule has 53 heavy (non-hydrogen) atoms. The van der Waals surface area contributed by atoms with E-state index >= 15 is 0 Å². The SMILES string of the molecule is [2H]C([2H])([2H])c1cc(-c2ccccc2)ccc1-n1c(-c2ccccc2O)nc2c(-c3[c-]c(-c4cc(-c5ccc(C)cc5)ccn4)cc(C(C)(C)C)c3)cccc21.[Pt]. The number of nitrogens with zero attached hydrogens (tertiary/aromatic N) is 3. The Kier molecular flexibility index (Phi) is 8.75. The molecule has 264 valence electrons. The summed E-state index contributed by atoms with van der Waals surface area (Å²) in [5.41, 5.74) is 11.8. The van der Waals surface area contributed by atoms with Crippen LogP contribution >= 0.6 is 0 Å². The standard InChI is InChI=1S/C48H40N3O.Pt/c1-31-18-20-34(21-19-31)36-24-25-49-42(30-36)38-27-37(28-39(29-38)48(3,4)5)40-15-11-16-44-46(40)50-47(41-14-9-10-17-45(41)52)51(44)43-23-22-35(26-32(43)2)33-12-7-6-8-13-33;/h6-26,28-30,52H,1-5H3;/q-1;/i2D3;. The summed E-state index contributed by atoms with van der Waals surface area (Å²) in [6, 6.07) is 48.9. The molecule has 2 aromatic heterocycles. The van der Waals surface area contributed by atoms with Crippen LogP contribution in [0.1, 0.15) is 41.6 Å². The van der Waals surface area contributed by atoms with E-state index in [1.165, 1.54) is 5.56 Å². The van der Waals surface area contributed by atoms with Gasteiger partial charge >= 0.3 is 0 Å². The van der Waals surface area contributed by atoms with Gasteiger partial charge in [-0.05, 0) is 83.4 Å². The van der Waals surface area contributed by atoms with E-state index in [4.69, 9.17) is 14.1 Å². The average Bonchev–Trinajstić information content (AvgIpc) is 3.57. The Morgan fingerprint density at radius 3 is 2.11 bits per heavy atom. The molecule has 1 N–H and O–H groups in total. The predicted octanol–water partition coefficient (Wildman–Crippen LogP) is 12.2. The van der Waals surface area contributed by atoms with Crippen LogP contribution < -0.4 is 0 Å². The third-order valence-corrected chi connectivity index (χ3v) is 9.62. The smallest absolute Gasteiger partial charge is 0.148 e. The molecule has 5 heteroatoms. The number of hydrogen-bond donors (Lipinski definition) is 1. The molecule has 0 spiro atoms. The van der Waals surface area contributed by atoms with E-state index < -0.39 is 6.85 Å². The number of para-hydroxylation sites is 2. The number of phenols is 1. The Hall–Kier alpha value is -5.57. The fourth-order valence-corrected chi connectivity index (χ4v) is 6.73. The van der Waals surface area contributed by atoms with Crippen molar-refractivity contribution in [1.82, 2.24) is 14.5 Å². The molecule has 6 aromatic carbocycles. The number of rotatable bonds is 6. The first-order valence-corrected chi connectivity index (χ1v) is 17.5. The van der Waals surface area contributed by atoms with Crippen molar-refractivity contribution >= 4 is 11.0 Å². The number of pyridine rings is 1. The van der Waals surface area contributed by atoms with Crippen LogP contribution in [0, 0.1) is 19.8 Å². The van der Waals surface area contributed by atoms with Crippen molar-refractivity contribution in [2.75, 3.05) is 0 Å². The van der Waals surface area contributed by atoms with E-state index in [2.05, 4.69) is 76.2 Å². The zero-order chi connectivity index (χ0) is 38.5. The Morgan fingerprint density at radius 1 is 0.679 bits per heavy atom. The Labute approximate surface area is 330 Å². The number of phenolic OH excluding ortho intramolecular Hbond substituents is 1. The summed E-state index contributed by atoms with van der Waals surface area (Å²) in [4.78, 5) is 10.0. The molecule has 0 bridgehead atoms. The van der Waals surface area contributed by atoms with Gasteiger partial charge in [0.05, 0.1) is 22.3 Å². The Balaban J connectivity index is 0.00000480. The van der Waals surface area contributed by atoms with Gasteiger partial charge in [0.25, 0.3) is 0 Å². The molecule has 2 heterocycles. The fraction of sp³-hybridized carbons (Fsp3) is 0.125. The van der Waals surface area contributed by atoms with Crippen molar-refractivity contribution in [3.63, 3.8) is 0 Å². The molecule has 0 radical (unpaired) electrons. The van der Waals surface area contributed by atoms with Crippen molar-refractivity contribution in [2.45, 2.75) is 40.0 Å². The molecule has 0 saturated carbocycles. The third-order valence-electron chi connectivity index (χ3n) is 9.62. The second-order valence-electron chi connectivity index (χ2n) is 14.3. The quantitative estimate of drug-likeness (QED) is 0.169. The first-order chi connectivity index (χ1) is 26.3. The van der Waals surface area contributed by atoms with Gasteiger partial charge in [0.15, 0.2) is 0 Å². The topological polar surface area (TPSA) is 50.9 Å². The number of aromatic nitrogens is 3. The molecular weight excluding hydrogens is 830 g/mol. The first-order valence-electron chi connectivity index (χ1n) is 19.0. The zero-order valence-electron chi connectivity index (χ0n) is 33.0. The van der Waals surface area contributed by atoms with Gasteiger partial charge in [0, 0.05) is 37.1 Å². The summed E-state index contributed by atoms with van der Waals surface area (Å²) < 4.78 is 27.9. The minimum atomic E-state index is -2.45. The predicted molar refractivity (Wildman–Crippen MR) is 215 cm³/mol. The number of aryl methyl sites for hydroxylation is 2. The van der Waals surface area contributed by atoms with Crippen LogP contribution in [0.25, 0.3) is 72.7 Å². The Morgan fingerprint density at radius 2 is 1.36 bits per heavy atom. The van der Waals surface area contributed by atoms with Crippen LogP contribution in [0.4, 0.5) is 0 Å². The van der Waals surface area contributed by atoms with Crippen molar-refractivity contribution in [2.24, 2.45) is 0 Å². The summed E-state index contributed by atoms with van der Waals surface area (Å²) in [7, 11) is 0. The molecule has 0 amide bonds.